The number of hydrogen-bond donors (Lipinski definition) is 1. The lowest BCUT2D eigenvalue weighted by Gasteiger charge is -2.18. The topological polar surface area (TPSA) is 77.0 Å². The van der Waals surface area contributed by atoms with Crippen LogP contribution in [0.3, 0.4) is 0 Å². The van der Waals surface area contributed by atoms with Gasteiger partial charge in [-0.05, 0) is 19.8 Å². The Morgan fingerprint density at radius 2 is 1.88 bits per heavy atom. The monoisotopic (exact) mass is 239 g/mol. The fourth-order valence-electron chi connectivity index (χ4n) is 1.74. The Kier molecular flexibility index (Phi) is 4.48. The van der Waals surface area contributed by atoms with Crippen molar-refractivity contribution in [1.82, 2.24) is 14.9 Å². The van der Waals surface area contributed by atoms with Crippen molar-refractivity contribution < 1.29 is 0 Å². The zero-order valence-electron chi connectivity index (χ0n) is 11.0. The van der Waals surface area contributed by atoms with Gasteiger partial charge in [-0.2, -0.15) is 4.68 Å². The van der Waals surface area contributed by atoms with Crippen LogP contribution in [0.1, 0.15) is 45.2 Å². The smallest absolute Gasteiger partial charge is 0.295 e. The summed E-state index contributed by atoms with van der Waals surface area (Å²) in [5, 5.41) is 8.09. The SMILES string of the molecule is CCC(CC)c1nnc(N(C)CC)n(N)c1=O. The van der Waals surface area contributed by atoms with Crippen molar-refractivity contribution >= 4 is 5.95 Å². The molecule has 1 rings (SSSR count). The molecule has 0 aromatic carbocycles. The van der Waals surface area contributed by atoms with Gasteiger partial charge in [0.25, 0.3) is 5.56 Å². The summed E-state index contributed by atoms with van der Waals surface area (Å²) < 4.78 is 1.09. The maximum atomic E-state index is 12.1. The minimum Gasteiger partial charge on any atom is -0.343 e. The van der Waals surface area contributed by atoms with Crippen LogP contribution in [0.2, 0.25) is 0 Å². The molecule has 6 heteroatoms. The van der Waals surface area contributed by atoms with Gasteiger partial charge in [0.1, 0.15) is 5.69 Å². The molecule has 2 N–H and O–H groups in total. The van der Waals surface area contributed by atoms with Gasteiger partial charge in [-0.1, -0.05) is 13.8 Å². The number of rotatable bonds is 5. The van der Waals surface area contributed by atoms with Crippen molar-refractivity contribution in [3.8, 4) is 0 Å². The molecular weight excluding hydrogens is 218 g/mol. The molecule has 0 fully saturated rings. The second-order valence-corrected chi connectivity index (χ2v) is 4.09. The van der Waals surface area contributed by atoms with Crippen molar-refractivity contribution in [2.75, 3.05) is 24.3 Å². The van der Waals surface area contributed by atoms with Crippen LogP contribution in [0.15, 0.2) is 4.79 Å². The molecule has 96 valence electrons. The Bertz CT molecular complexity index is 424. The van der Waals surface area contributed by atoms with E-state index in [9.17, 15) is 4.79 Å². The highest BCUT2D eigenvalue weighted by Gasteiger charge is 2.18. The van der Waals surface area contributed by atoms with Crippen LogP contribution < -0.4 is 16.3 Å². The number of anilines is 1. The third-order valence-electron chi connectivity index (χ3n) is 3.09. The van der Waals surface area contributed by atoms with Crippen molar-refractivity contribution in [3.63, 3.8) is 0 Å². The predicted molar refractivity (Wildman–Crippen MR) is 68.7 cm³/mol. The maximum Gasteiger partial charge on any atom is 0.295 e. The molecule has 0 radical (unpaired) electrons. The molecule has 0 aliphatic rings. The van der Waals surface area contributed by atoms with Crippen molar-refractivity contribution in [2.24, 2.45) is 0 Å². The quantitative estimate of drug-likeness (QED) is 0.766. The number of nitrogens with zero attached hydrogens (tertiary/aromatic N) is 4. The van der Waals surface area contributed by atoms with E-state index in [0.29, 0.717) is 11.6 Å². The van der Waals surface area contributed by atoms with Crippen LogP contribution in [0, 0.1) is 0 Å². The summed E-state index contributed by atoms with van der Waals surface area (Å²) in [5.74, 6) is 6.29. The highest BCUT2D eigenvalue weighted by molar-refractivity contribution is 5.28. The molecule has 0 spiro atoms. The summed E-state index contributed by atoms with van der Waals surface area (Å²) in [7, 11) is 1.82. The van der Waals surface area contributed by atoms with Crippen molar-refractivity contribution in [3.05, 3.63) is 16.0 Å². The Labute approximate surface area is 101 Å². The molecular formula is C11H21N5O. The van der Waals surface area contributed by atoms with Gasteiger partial charge in [-0.15, -0.1) is 10.2 Å². The molecule has 1 aromatic heterocycles. The number of nitrogen functional groups attached to an aromatic ring is 1. The lowest BCUT2D eigenvalue weighted by atomic mass is 10.0. The van der Waals surface area contributed by atoms with E-state index in [1.165, 1.54) is 0 Å². The average molecular weight is 239 g/mol. The minimum atomic E-state index is -0.246. The Balaban J connectivity index is 3.24. The van der Waals surface area contributed by atoms with Gasteiger partial charge in [0, 0.05) is 19.5 Å². The van der Waals surface area contributed by atoms with Crippen LogP contribution in [-0.2, 0) is 0 Å². The van der Waals surface area contributed by atoms with E-state index < -0.39 is 0 Å². The van der Waals surface area contributed by atoms with E-state index in [0.717, 1.165) is 24.1 Å². The largest absolute Gasteiger partial charge is 0.343 e. The zero-order valence-corrected chi connectivity index (χ0v) is 11.0. The first-order valence-corrected chi connectivity index (χ1v) is 6.02. The lowest BCUT2D eigenvalue weighted by molar-refractivity contribution is 0.587. The molecule has 6 nitrogen and oxygen atoms in total. The second kappa shape index (κ2) is 5.65. The van der Waals surface area contributed by atoms with Crippen molar-refractivity contribution in [1.29, 1.82) is 0 Å². The molecule has 0 amide bonds. The second-order valence-electron chi connectivity index (χ2n) is 4.09. The van der Waals surface area contributed by atoms with E-state index in [4.69, 9.17) is 5.84 Å². The Morgan fingerprint density at radius 3 is 2.35 bits per heavy atom. The fraction of sp³-hybridized carbons (Fsp3) is 0.727. The molecule has 0 aliphatic heterocycles. The molecule has 1 aromatic rings. The zero-order chi connectivity index (χ0) is 13.0. The summed E-state index contributed by atoms with van der Waals surface area (Å²) >= 11 is 0. The van der Waals surface area contributed by atoms with E-state index in [2.05, 4.69) is 10.2 Å². The first-order chi connectivity index (χ1) is 8.06. The molecule has 1 heterocycles. The fourth-order valence-corrected chi connectivity index (χ4v) is 1.74. The molecule has 0 saturated heterocycles. The van der Waals surface area contributed by atoms with Gasteiger partial charge in [0.05, 0.1) is 0 Å². The van der Waals surface area contributed by atoms with Gasteiger partial charge < -0.3 is 10.7 Å². The van der Waals surface area contributed by atoms with Crippen LogP contribution in [0.25, 0.3) is 0 Å². The van der Waals surface area contributed by atoms with Crippen LogP contribution >= 0.6 is 0 Å². The van der Waals surface area contributed by atoms with Crippen molar-refractivity contribution in [2.45, 2.75) is 39.5 Å². The van der Waals surface area contributed by atoms with Gasteiger partial charge in [-0.3, -0.25) is 4.79 Å². The Hall–Kier alpha value is -1.59. The highest BCUT2D eigenvalue weighted by atomic mass is 16.1. The van der Waals surface area contributed by atoms with Crippen LogP contribution in [0.5, 0.6) is 0 Å². The molecule has 0 bridgehead atoms. The van der Waals surface area contributed by atoms with Crippen LogP contribution in [-0.4, -0.2) is 28.5 Å². The van der Waals surface area contributed by atoms with E-state index in [1.807, 2.05) is 27.8 Å². The van der Waals surface area contributed by atoms with Gasteiger partial charge in [-0.25, -0.2) is 0 Å². The molecule has 0 atom stereocenters. The number of aromatic nitrogens is 3. The summed E-state index contributed by atoms with van der Waals surface area (Å²) in [6, 6.07) is 0. The third kappa shape index (κ3) is 2.57. The third-order valence-corrected chi connectivity index (χ3v) is 3.09. The minimum absolute atomic E-state index is 0.130. The average Bonchev–Trinajstić information content (AvgIpc) is 2.35. The van der Waals surface area contributed by atoms with E-state index in [1.54, 1.807) is 4.90 Å². The highest BCUT2D eigenvalue weighted by Crippen LogP contribution is 2.17. The van der Waals surface area contributed by atoms with Gasteiger partial charge >= 0.3 is 0 Å². The van der Waals surface area contributed by atoms with Gasteiger partial charge in [0.15, 0.2) is 0 Å². The Morgan fingerprint density at radius 1 is 1.29 bits per heavy atom. The summed E-state index contributed by atoms with van der Waals surface area (Å²) in [6.07, 6.45) is 1.73. The maximum absolute atomic E-state index is 12.1. The molecule has 0 unspecified atom stereocenters. The molecule has 0 saturated carbocycles. The van der Waals surface area contributed by atoms with E-state index >= 15 is 0 Å². The van der Waals surface area contributed by atoms with Gasteiger partial charge in [0.2, 0.25) is 5.95 Å². The number of nitrogens with two attached hydrogens (primary N) is 1. The molecule has 0 aliphatic carbocycles. The summed E-state index contributed by atoms with van der Waals surface area (Å²) in [5.41, 5.74) is 0.217. The van der Waals surface area contributed by atoms with Crippen LogP contribution in [0.4, 0.5) is 5.95 Å². The standard InChI is InChI=1S/C11H21N5O/c1-5-8(6-2)9-10(17)16(12)11(14-13-9)15(4)7-3/h8H,5-7,12H2,1-4H3. The van der Waals surface area contributed by atoms with E-state index in [-0.39, 0.29) is 11.5 Å². The predicted octanol–water partition coefficient (Wildman–Crippen LogP) is 0.712. The molecule has 17 heavy (non-hydrogen) atoms. The first-order valence-electron chi connectivity index (χ1n) is 6.02. The normalized spacial score (nSPS) is 10.9. The summed E-state index contributed by atoms with van der Waals surface area (Å²) in [4.78, 5) is 13.9. The lowest BCUT2D eigenvalue weighted by Crippen LogP contribution is -2.38. The summed E-state index contributed by atoms with van der Waals surface area (Å²) in [6.45, 7) is 6.74. The first kappa shape index (κ1) is 13.5. The number of hydrogen-bond acceptors (Lipinski definition) is 5.